The van der Waals surface area contributed by atoms with Gasteiger partial charge >= 0.3 is 0 Å². The maximum Gasteiger partial charge on any atom is 0.161 e. The lowest BCUT2D eigenvalue weighted by atomic mass is 9.89. The van der Waals surface area contributed by atoms with Crippen molar-refractivity contribution >= 4 is 0 Å². The van der Waals surface area contributed by atoms with Gasteiger partial charge in [0.2, 0.25) is 0 Å². The Hall–Kier alpha value is -2.40. The summed E-state index contributed by atoms with van der Waals surface area (Å²) in [5.41, 5.74) is 3.47. The molecule has 2 aromatic carbocycles. The molecular weight excluding hydrogens is 318 g/mol. The highest BCUT2D eigenvalue weighted by atomic mass is 16.5. The van der Waals surface area contributed by atoms with E-state index in [-0.39, 0.29) is 11.8 Å². The summed E-state index contributed by atoms with van der Waals surface area (Å²) >= 11 is 0. The second-order valence-electron chi connectivity index (χ2n) is 5.93. The number of hydrogen-bond acceptors (Lipinski definition) is 5. The molecule has 1 heterocycles. The summed E-state index contributed by atoms with van der Waals surface area (Å²) in [5, 5.41) is 13.4. The Balaban J connectivity index is 2.04. The number of methoxy groups -OCH3 is 1. The van der Waals surface area contributed by atoms with E-state index in [4.69, 9.17) is 14.2 Å². The average molecular weight is 343 g/mol. The first-order chi connectivity index (χ1) is 12.2. The fraction of sp³-hybridized carbons (Fsp3) is 0.400. The molecule has 1 atom stereocenters. The number of ether oxygens (including phenoxy) is 3. The first-order valence-electron chi connectivity index (χ1n) is 8.70. The standard InChI is InChI=1S/C20H25NO4/c1-4-24-18-10-13-8-9-21-20(15(13)12-19(18)25-5-2)14-6-7-16(22)17(11-14)23-3/h6-7,10-12,20-22H,4-5,8-9H2,1-3H3/t20-/m1/s1. The van der Waals surface area contributed by atoms with Gasteiger partial charge in [-0.15, -0.1) is 0 Å². The van der Waals surface area contributed by atoms with Crippen LogP contribution in [0.2, 0.25) is 0 Å². The van der Waals surface area contributed by atoms with Crippen LogP contribution in [0.4, 0.5) is 0 Å². The Bertz CT molecular complexity index is 745. The van der Waals surface area contributed by atoms with Gasteiger partial charge in [-0.3, -0.25) is 0 Å². The van der Waals surface area contributed by atoms with Crippen molar-refractivity contribution in [2.45, 2.75) is 26.3 Å². The zero-order chi connectivity index (χ0) is 17.8. The summed E-state index contributed by atoms with van der Waals surface area (Å²) in [6, 6.07) is 9.64. The molecule has 0 unspecified atom stereocenters. The van der Waals surface area contributed by atoms with Gasteiger partial charge in [-0.25, -0.2) is 0 Å². The smallest absolute Gasteiger partial charge is 0.161 e. The molecule has 0 aromatic heterocycles. The fourth-order valence-electron chi connectivity index (χ4n) is 3.27. The highest BCUT2D eigenvalue weighted by molar-refractivity contribution is 5.53. The van der Waals surface area contributed by atoms with E-state index in [0.717, 1.165) is 30.0 Å². The van der Waals surface area contributed by atoms with Crippen molar-refractivity contribution in [2.24, 2.45) is 0 Å². The maximum atomic E-state index is 9.86. The molecule has 0 bridgehead atoms. The topological polar surface area (TPSA) is 60.0 Å². The SMILES string of the molecule is CCOc1cc2c(cc1OCC)[C@@H](c1ccc(O)c(OC)c1)NCC2. The molecule has 0 saturated carbocycles. The van der Waals surface area contributed by atoms with Crippen molar-refractivity contribution in [3.05, 3.63) is 47.0 Å². The average Bonchev–Trinajstić information content (AvgIpc) is 2.63. The normalized spacial score (nSPS) is 16.2. The van der Waals surface area contributed by atoms with Gasteiger partial charge in [0.15, 0.2) is 23.0 Å². The summed E-state index contributed by atoms with van der Waals surface area (Å²) < 4.78 is 16.8. The van der Waals surface area contributed by atoms with Gasteiger partial charge in [-0.2, -0.15) is 0 Å². The van der Waals surface area contributed by atoms with E-state index < -0.39 is 0 Å². The van der Waals surface area contributed by atoms with Crippen LogP contribution in [0.1, 0.15) is 36.6 Å². The lowest BCUT2D eigenvalue weighted by Crippen LogP contribution is -2.30. The summed E-state index contributed by atoms with van der Waals surface area (Å²) in [6.07, 6.45) is 0.938. The van der Waals surface area contributed by atoms with Crippen LogP contribution >= 0.6 is 0 Å². The van der Waals surface area contributed by atoms with Crippen LogP contribution in [-0.4, -0.2) is 32.0 Å². The number of phenols is 1. The predicted molar refractivity (Wildman–Crippen MR) is 97.0 cm³/mol. The van der Waals surface area contributed by atoms with Crippen molar-refractivity contribution in [3.8, 4) is 23.0 Å². The third kappa shape index (κ3) is 3.51. The van der Waals surface area contributed by atoms with Gasteiger partial charge < -0.3 is 24.6 Å². The molecule has 0 radical (unpaired) electrons. The molecule has 0 fully saturated rings. The van der Waals surface area contributed by atoms with Crippen LogP contribution in [-0.2, 0) is 6.42 Å². The number of fused-ring (bicyclic) bond motifs is 1. The molecule has 5 heteroatoms. The van der Waals surface area contributed by atoms with Crippen LogP contribution in [0.3, 0.4) is 0 Å². The van der Waals surface area contributed by atoms with Crippen LogP contribution in [0, 0.1) is 0 Å². The van der Waals surface area contributed by atoms with E-state index in [1.807, 2.05) is 26.0 Å². The molecule has 2 aromatic rings. The molecule has 25 heavy (non-hydrogen) atoms. The second kappa shape index (κ2) is 7.66. The number of aromatic hydroxyl groups is 1. The van der Waals surface area contributed by atoms with E-state index >= 15 is 0 Å². The Morgan fingerprint density at radius 3 is 2.44 bits per heavy atom. The number of rotatable bonds is 6. The first kappa shape index (κ1) is 17.4. The molecule has 0 spiro atoms. The Morgan fingerprint density at radius 1 is 1.04 bits per heavy atom. The minimum Gasteiger partial charge on any atom is -0.504 e. The molecule has 1 aliphatic heterocycles. The third-order valence-electron chi connectivity index (χ3n) is 4.40. The van der Waals surface area contributed by atoms with Crippen molar-refractivity contribution in [1.29, 1.82) is 0 Å². The lowest BCUT2D eigenvalue weighted by Gasteiger charge is -2.29. The van der Waals surface area contributed by atoms with E-state index in [9.17, 15) is 5.11 Å². The molecule has 0 aliphatic carbocycles. The Morgan fingerprint density at radius 2 is 1.76 bits per heavy atom. The molecular formula is C20H25NO4. The van der Waals surface area contributed by atoms with Gasteiger partial charge in [-0.1, -0.05) is 6.07 Å². The van der Waals surface area contributed by atoms with E-state index in [2.05, 4.69) is 17.4 Å². The largest absolute Gasteiger partial charge is 0.504 e. The van der Waals surface area contributed by atoms with Crippen LogP contribution < -0.4 is 19.5 Å². The minimum absolute atomic E-state index is 0.0214. The van der Waals surface area contributed by atoms with Gasteiger partial charge in [0.25, 0.3) is 0 Å². The van der Waals surface area contributed by atoms with Crippen LogP contribution in [0.25, 0.3) is 0 Å². The fourth-order valence-corrected chi connectivity index (χ4v) is 3.27. The maximum absolute atomic E-state index is 9.86. The number of hydrogen-bond donors (Lipinski definition) is 2. The number of phenolic OH excluding ortho intramolecular Hbond substituents is 1. The van der Waals surface area contributed by atoms with E-state index in [1.54, 1.807) is 13.2 Å². The zero-order valence-electron chi connectivity index (χ0n) is 15.0. The Kier molecular flexibility index (Phi) is 5.34. The Labute approximate surface area is 148 Å². The highest BCUT2D eigenvalue weighted by Gasteiger charge is 2.25. The summed E-state index contributed by atoms with van der Waals surface area (Å²) in [4.78, 5) is 0. The molecule has 134 valence electrons. The lowest BCUT2D eigenvalue weighted by molar-refractivity contribution is 0.286. The zero-order valence-corrected chi connectivity index (χ0v) is 15.0. The van der Waals surface area contributed by atoms with Crippen molar-refractivity contribution in [2.75, 3.05) is 26.9 Å². The number of benzene rings is 2. The van der Waals surface area contributed by atoms with Crippen molar-refractivity contribution < 1.29 is 19.3 Å². The molecule has 3 rings (SSSR count). The van der Waals surface area contributed by atoms with Gasteiger partial charge in [0.05, 0.1) is 26.4 Å². The number of nitrogens with one attached hydrogen (secondary N) is 1. The first-order valence-corrected chi connectivity index (χ1v) is 8.70. The molecule has 0 saturated heterocycles. The minimum atomic E-state index is 0.0214. The van der Waals surface area contributed by atoms with Crippen molar-refractivity contribution in [3.63, 3.8) is 0 Å². The van der Waals surface area contributed by atoms with Crippen LogP contribution in [0.5, 0.6) is 23.0 Å². The molecule has 0 amide bonds. The monoisotopic (exact) mass is 343 g/mol. The molecule has 2 N–H and O–H groups in total. The summed E-state index contributed by atoms with van der Waals surface area (Å²) in [6.45, 7) is 6.01. The second-order valence-corrected chi connectivity index (χ2v) is 5.93. The third-order valence-corrected chi connectivity index (χ3v) is 4.40. The van der Waals surface area contributed by atoms with Gasteiger partial charge in [-0.05, 0) is 61.2 Å². The van der Waals surface area contributed by atoms with Gasteiger partial charge in [0.1, 0.15) is 0 Å². The van der Waals surface area contributed by atoms with Gasteiger partial charge in [0, 0.05) is 6.54 Å². The quantitative estimate of drug-likeness (QED) is 0.841. The summed E-state index contributed by atoms with van der Waals surface area (Å²) in [5.74, 6) is 2.18. The predicted octanol–water partition coefficient (Wildman–Crippen LogP) is 3.43. The highest BCUT2D eigenvalue weighted by Crippen LogP contribution is 2.39. The van der Waals surface area contributed by atoms with Crippen LogP contribution in [0.15, 0.2) is 30.3 Å². The molecule has 5 nitrogen and oxygen atoms in total. The summed E-state index contributed by atoms with van der Waals surface area (Å²) in [7, 11) is 1.56. The molecule has 1 aliphatic rings. The van der Waals surface area contributed by atoms with E-state index in [1.165, 1.54) is 11.1 Å². The van der Waals surface area contributed by atoms with Crippen molar-refractivity contribution in [1.82, 2.24) is 5.32 Å². The van der Waals surface area contributed by atoms with E-state index in [0.29, 0.717) is 19.0 Å².